The Kier molecular flexibility index (Phi) is 21.7. The van der Waals surface area contributed by atoms with Gasteiger partial charge in [-0.2, -0.15) is 0 Å². The van der Waals surface area contributed by atoms with Crippen LogP contribution in [0.3, 0.4) is 0 Å². The zero-order valence-corrected chi connectivity index (χ0v) is 32.1. The fourth-order valence-electron chi connectivity index (χ4n) is 4.27. The van der Waals surface area contributed by atoms with E-state index in [0.717, 1.165) is 12.4 Å². The topological polar surface area (TPSA) is 236 Å². The van der Waals surface area contributed by atoms with Gasteiger partial charge in [-0.3, -0.25) is 48.3 Å². The zero-order valence-electron chi connectivity index (χ0n) is 32.1. The molecule has 1 aromatic heterocycles. The second-order valence-corrected chi connectivity index (χ2v) is 11.3. The number of aromatic nitrogens is 2. The van der Waals surface area contributed by atoms with Gasteiger partial charge in [-0.1, -0.05) is 55.4 Å². The van der Waals surface area contributed by atoms with Crippen LogP contribution in [0.2, 0.25) is 0 Å². The van der Waals surface area contributed by atoms with E-state index in [-0.39, 0.29) is 62.8 Å². The minimum Gasteiger partial charge on any atom is -0.462 e. The number of hydrogen-bond donors (Lipinski definition) is 0. The van der Waals surface area contributed by atoms with Crippen LogP contribution in [0.15, 0.2) is 12.4 Å². The first-order chi connectivity index (χ1) is 25.7. The first kappa shape index (κ1) is 46.9. The summed E-state index contributed by atoms with van der Waals surface area (Å²) in [5, 5.41) is 0. The Hall–Kier alpha value is -5.16. The predicted molar refractivity (Wildman–Crippen MR) is 183 cm³/mol. The molecule has 0 aliphatic rings. The maximum absolute atomic E-state index is 12.8. The van der Waals surface area contributed by atoms with Gasteiger partial charge < -0.3 is 37.9 Å². The molecule has 0 saturated carbocycles. The Labute approximate surface area is 314 Å². The molecule has 0 aliphatic carbocycles. The van der Waals surface area contributed by atoms with Crippen LogP contribution < -0.4 is 0 Å². The van der Waals surface area contributed by atoms with E-state index in [1.165, 1.54) is 41.5 Å². The third kappa shape index (κ3) is 15.8. The van der Waals surface area contributed by atoms with E-state index in [9.17, 15) is 38.4 Å². The van der Waals surface area contributed by atoms with Crippen molar-refractivity contribution in [3.63, 3.8) is 0 Å². The highest BCUT2D eigenvalue weighted by Crippen LogP contribution is 2.31. The SMILES string of the molecule is CCC(=O)OCC(OC(=O)CC)C(OC(=O)CC)C(OC(=O)CC)c1cnc(C(OC(=O)CC)C(OC(=O)CC)C(COC(=O)CC)OC(=O)CC)cn1. The molecule has 0 spiro atoms. The molecule has 302 valence electrons. The third-order valence-electron chi connectivity index (χ3n) is 7.35. The van der Waals surface area contributed by atoms with Crippen molar-refractivity contribution >= 4 is 47.8 Å². The maximum Gasteiger partial charge on any atom is 0.306 e. The number of rotatable bonds is 24. The fraction of sp³-hybridized carbons (Fsp3) is 0.667. The van der Waals surface area contributed by atoms with Crippen molar-refractivity contribution in [1.82, 2.24) is 9.97 Å². The summed E-state index contributed by atoms with van der Waals surface area (Å²) in [6.07, 6.45) is -7.99. The van der Waals surface area contributed by atoms with Gasteiger partial charge in [-0.05, 0) is 0 Å². The molecule has 0 amide bonds. The Morgan fingerprint density at radius 2 is 0.667 bits per heavy atom. The van der Waals surface area contributed by atoms with Crippen LogP contribution >= 0.6 is 0 Å². The van der Waals surface area contributed by atoms with Crippen LogP contribution in [0, 0.1) is 0 Å². The van der Waals surface area contributed by atoms with Gasteiger partial charge in [0.1, 0.15) is 24.6 Å². The molecule has 6 unspecified atom stereocenters. The van der Waals surface area contributed by atoms with Crippen molar-refractivity contribution in [3.8, 4) is 0 Å². The molecular formula is C36H52N2O16. The lowest BCUT2D eigenvalue weighted by molar-refractivity contribution is -0.193. The van der Waals surface area contributed by atoms with Gasteiger partial charge in [0.15, 0.2) is 36.6 Å². The minimum atomic E-state index is -1.61. The fourth-order valence-corrected chi connectivity index (χ4v) is 4.27. The molecule has 0 aliphatic heterocycles. The standard InChI is InChI=1S/C36H52N2O16/c1-9-25(39)47-19-23(49-27(41)11-3)35(53-31(45)15-7)33(51-29(43)13-5)21-17-38-22(18-37-21)34(52-30(44)14-6)36(54-32(46)16-8)24(50-28(42)12-4)20-48-26(40)10-2/h17-18,23-24,33-36H,9-16,19-20H2,1-8H3. The van der Waals surface area contributed by atoms with Crippen LogP contribution in [0.1, 0.15) is 130 Å². The summed E-state index contributed by atoms with van der Waals surface area (Å²) in [6, 6.07) is 0. The van der Waals surface area contributed by atoms with Crippen LogP contribution in [-0.4, -0.2) is 95.4 Å². The Morgan fingerprint density at radius 1 is 0.407 bits per heavy atom. The summed E-state index contributed by atoms with van der Waals surface area (Å²) in [7, 11) is 0. The molecule has 6 atom stereocenters. The zero-order chi connectivity index (χ0) is 40.8. The van der Waals surface area contributed by atoms with E-state index in [1.807, 2.05) is 0 Å². The van der Waals surface area contributed by atoms with Crippen molar-refractivity contribution in [1.29, 1.82) is 0 Å². The molecule has 54 heavy (non-hydrogen) atoms. The number of esters is 8. The highest BCUT2D eigenvalue weighted by Gasteiger charge is 2.43. The van der Waals surface area contributed by atoms with Crippen molar-refractivity contribution in [2.75, 3.05) is 13.2 Å². The highest BCUT2D eigenvalue weighted by molar-refractivity contribution is 5.73. The second-order valence-electron chi connectivity index (χ2n) is 11.3. The molecule has 0 radical (unpaired) electrons. The van der Waals surface area contributed by atoms with E-state index in [1.54, 1.807) is 13.8 Å². The van der Waals surface area contributed by atoms with E-state index in [0.29, 0.717) is 0 Å². The molecule has 0 aromatic carbocycles. The molecule has 1 heterocycles. The quantitative estimate of drug-likeness (QED) is 0.108. The van der Waals surface area contributed by atoms with Crippen molar-refractivity contribution in [3.05, 3.63) is 23.8 Å². The Morgan fingerprint density at radius 3 is 0.926 bits per heavy atom. The second kappa shape index (κ2) is 25.0. The van der Waals surface area contributed by atoms with Crippen molar-refractivity contribution < 1.29 is 76.3 Å². The average molecular weight is 769 g/mol. The molecular weight excluding hydrogens is 716 g/mol. The first-order valence-electron chi connectivity index (χ1n) is 18.0. The third-order valence-corrected chi connectivity index (χ3v) is 7.35. The van der Waals surface area contributed by atoms with E-state index >= 15 is 0 Å². The molecule has 18 heteroatoms. The number of carbonyl (C=O) groups is 8. The lowest BCUT2D eigenvalue weighted by Crippen LogP contribution is -2.45. The highest BCUT2D eigenvalue weighted by atomic mass is 16.6. The van der Waals surface area contributed by atoms with Crippen LogP contribution in [0.5, 0.6) is 0 Å². The first-order valence-corrected chi connectivity index (χ1v) is 18.0. The summed E-state index contributed by atoms with van der Waals surface area (Å²) in [5.74, 6) is -5.94. The summed E-state index contributed by atoms with van der Waals surface area (Å²) < 4.78 is 44.1. The molecule has 1 rings (SSSR count). The van der Waals surface area contributed by atoms with Gasteiger partial charge in [0, 0.05) is 51.4 Å². The van der Waals surface area contributed by atoms with Crippen LogP contribution in [-0.2, 0) is 76.3 Å². The molecule has 0 N–H and O–H groups in total. The maximum atomic E-state index is 12.8. The molecule has 0 saturated heterocycles. The number of carbonyl (C=O) groups excluding carboxylic acids is 8. The summed E-state index contributed by atoms with van der Waals surface area (Å²) in [4.78, 5) is 109. The van der Waals surface area contributed by atoms with E-state index in [4.69, 9.17) is 37.9 Å². The normalized spacial score (nSPS) is 14.1. The molecule has 18 nitrogen and oxygen atoms in total. The number of hydrogen-bond acceptors (Lipinski definition) is 18. The van der Waals surface area contributed by atoms with Gasteiger partial charge in [0.25, 0.3) is 0 Å². The van der Waals surface area contributed by atoms with Gasteiger partial charge in [-0.25, -0.2) is 0 Å². The summed E-state index contributed by atoms with van der Waals surface area (Å²) in [5.41, 5.74) is -0.301. The van der Waals surface area contributed by atoms with Crippen molar-refractivity contribution in [2.45, 2.75) is 143 Å². The lowest BCUT2D eigenvalue weighted by atomic mass is 10.0. The Balaban J connectivity index is 3.97. The smallest absolute Gasteiger partial charge is 0.306 e. The lowest BCUT2D eigenvalue weighted by Gasteiger charge is -2.33. The minimum absolute atomic E-state index is 0.0209. The predicted octanol–water partition coefficient (Wildman–Crippen LogP) is 3.66. The molecule has 0 bridgehead atoms. The molecule has 1 aromatic rings. The van der Waals surface area contributed by atoms with Gasteiger partial charge in [0.2, 0.25) is 0 Å². The molecule has 0 fully saturated rings. The van der Waals surface area contributed by atoms with Gasteiger partial charge in [-0.15, -0.1) is 0 Å². The van der Waals surface area contributed by atoms with Crippen LogP contribution in [0.25, 0.3) is 0 Å². The number of nitrogens with zero attached hydrogens (tertiary/aromatic N) is 2. The van der Waals surface area contributed by atoms with Gasteiger partial charge in [0.05, 0.1) is 12.4 Å². The van der Waals surface area contributed by atoms with Gasteiger partial charge >= 0.3 is 47.8 Å². The monoisotopic (exact) mass is 768 g/mol. The van der Waals surface area contributed by atoms with E-state index < -0.39 is 97.6 Å². The Bertz CT molecular complexity index is 1310. The van der Waals surface area contributed by atoms with Crippen LogP contribution in [0.4, 0.5) is 0 Å². The largest absolute Gasteiger partial charge is 0.462 e. The average Bonchev–Trinajstić information content (AvgIpc) is 3.19. The summed E-state index contributed by atoms with van der Waals surface area (Å²) >= 11 is 0. The summed E-state index contributed by atoms with van der Waals surface area (Å²) in [6.45, 7) is 11.0. The van der Waals surface area contributed by atoms with E-state index in [2.05, 4.69) is 9.97 Å². The van der Waals surface area contributed by atoms with Crippen molar-refractivity contribution in [2.24, 2.45) is 0 Å². The number of ether oxygens (including phenoxy) is 8.